The molecule has 0 aromatic heterocycles. The summed E-state index contributed by atoms with van der Waals surface area (Å²) in [4.78, 5) is 27.3. The van der Waals surface area contributed by atoms with E-state index >= 15 is 0 Å². The Hall–Kier alpha value is -2.24. The number of nitrogens with zero attached hydrogens (tertiary/aromatic N) is 1. The molecule has 1 saturated heterocycles. The lowest BCUT2D eigenvalue weighted by Crippen LogP contribution is -2.47. The van der Waals surface area contributed by atoms with Crippen LogP contribution in [0.2, 0.25) is 10.0 Å². The van der Waals surface area contributed by atoms with Gasteiger partial charge in [0.05, 0.1) is 5.02 Å². The number of halogens is 2. The minimum atomic E-state index is -0.764. The Morgan fingerprint density at radius 3 is 2.30 bits per heavy atom. The van der Waals surface area contributed by atoms with Crippen LogP contribution < -0.4 is 10.1 Å². The molecule has 160 valence electrons. The molecule has 1 fully saturated rings. The molecule has 0 bridgehead atoms. The monoisotopic (exact) mass is 448 g/mol. The molecule has 1 N–H and O–H groups in total. The first-order chi connectivity index (χ1) is 14.3. The van der Waals surface area contributed by atoms with E-state index in [0.29, 0.717) is 27.0 Å². The van der Waals surface area contributed by atoms with Crippen molar-refractivity contribution in [1.82, 2.24) is 4.90 Å². The second kappa shape index (κ2) is 9.71. The van der Waals surface area contributed by atoms with Crippen molar-refractivity contribution >= 4 is 40.7 Å². The molecule has 3 atom stereocenters. The van der Waals surface area contributed by atoms with Crippen LogP contribution in [0.5, 0.6) is 5.75 Å². The number of amides is 2. The zero-order chi connectivity index (χ0) is 21.8. The molecule has 7 heteroatoms. The highest BCUT2D eigenvalue weighted by Crippen LogP contribution is 2.29. The Morgan fingerprint density at radius 2 is 1.70 bits per heavy atom. The summed E-state index contributed by atoms with van der Waals surface area (Å²) < 4.78 is 5.64. The summed E-state index contributed by atoms with van der Waals surface area (Å²) in [5.74, 6) is 0.0921. The Morgan fingerprint density at radius 1 is 1.07 bits per heavy atom. The van der Waals surface area contributed by atoms with Gasteiger partial charge in [0, 0.05) is 28.4 Å². The number of carbonyl (C=O) groups is 2. The summed E-state index contributed by atoms with van der Waals surface area (Å²) >= 11 is 12.0. The number of nitrogens with one attached hydrogen (secondary N) is 1. The fraction of sp³-hybridized carbons (Fsp3) is 0.391. The normalized spacial score (nSPS) is 19.8. The predicted octanol–water partition coefficient (Wildman–Crippen LogP) is 5.80. The maximum atomic E-state index is 12.9. The zero-order valence-electron chi connectivity index (χ0n) is 17.3. The van der Waals surface area contributed by atoms with Crippen LogP contribution in [0.4, 0.5) is 5.69 Å². The van der Waals surface area contributed by atoms with E-state index in [1.54, 1.807) is 49.4 Å². The van der Waals surface area contributed by atoms with Gasteiger partial charge in [-0.05, 0) is 82.5 Å². The molecule has 1 aliphatic rings. The minimum absolute atomic E-state index is 0.0293. The lowest BCUT2D eigenvalue weighted by atomic mass is 9.96. The number of rotatable bonds is 5. The van der Waals surface area contributed by atoms with Gasteiger partial charge in [0.1, 0.15) is 5.75 Å². The molecule has 2 aromatic rings. The first-order valence-electron chi connectivity index (χ1n) is 10.1. The van der Waals surface area contributed by atoms with E-state index in [0.717, 1.165) is 19.3 Å². The maximum Gasteiger partial charge on any atom is 0.265 e. The maximum absolute atomic E-state index is 12.9. The van der Waals surface area contributed by atoms with Gasteiger partial charge < -0.3 is 15.0 Å². The molecule has 2 amide bonds. The van der Waals surface area contributed by atoms with E-state index < -0.39 is 6.10 Å². The number of hydrogen-bond donors (Lipinski definition) is 1. The van der Waals surface area contributed by atoms with E-state index in [2.05, 4.69) is 19.2 Å². The molecule has 30 heavy (non-hydrogen) atoms. The van der Waals surface area contributed by atoms with Gasteiger partial charge in [-0.1, -0.05) is 23.2 Å². The van der Waals surface area contributed by atoms with E-state index in [-0.39, 0.29) is 23.9 Å². The molecule has 3 rings (SSSR count). The lowest BCUT2D eigenvalue weighted by molar-refractivity contribution is -0.122. The zero-order valence-corrected chi connectivity index (χ0v) is 18.8. The van der Waals surface area contributed by atoms with Crippen LogP contribution in [0.25, 0.3) is 0 Å². The molecule has 5 nitrogen and oxygen atoms in total. The largest absolute Gasteiger partial charge is 0.479 e. The minimum Gasteiger partial charge on any atom is -0.479 e. The summed E-state index contributed by atoms with van der Waals surface area (Å²) in [7, 11) is 0. The fourth-order valence-electron chi connectivity index (χ4n) is 3.73. The molecule has 2 aromatic carbocycles. The number of likely N-dealkylation sites (tertiary alicyclic amines) is 1. The van der Waals surface area contributed by atoms with Crippen molar-refractivity contribution in [2.24, 2.45) is 0 Å². The van der Waals surface area contributed by atoms with Gasteiger partial charge in [0.15, 0.2) is 6.10 Å². The van der Waals surface area contributed by atoms with Gasteiger partial charge in [0.25, 0.3) is 11.8 Å². The van der Waals surface area contributed by atoms with Crippen LogP contribution >= 0.6 is 23.2 Å². The highest BCUT2D eigenvalue weighted by atomic mass is 35.5. The topological polar surface area (TPSA) is 58.6 Å². The highest BCUT2D eigenvalue weighted by Gasteiger charge is 2.29. The van der Waals surface area contributed by atoms with Gasteiger partial charge in [-0.15, -0.1) is 0 Å². The van der Waals surface area contributed by atoms with Gasteiger partial charge in [-0.3, -0.25) is 9.59 Å². The Balaban J connectivity index is 1.62. The van der Waals surface area contributed by atoms with Crippen LogP contribution in [-0.4, -0.2) is 34.9 Å². The third-order valence-electron chi connectivity index (χ3n) is 5.39. The molecule has 1 heterocycles. The van der Waals surface area contributed by atoms with Crippen molar-refractivity contribution in [3.63, 3.8) is 0 Å². The van der Waals surface area contributed by atoms with Crippen LogP contribution in [0.1, 0.15) is 50.4 Å². The van der Waals surface area contributed by atoms with E-state index in [1.165, 1.54) is 0 Å². The Bertz CT molecular complexity index is 907. The van der Waals surface area contributed by atoms with Gasteiger partial charge >= 0.3 is 0 Å². The molecular weight excluding hydrogens is 423 g/mol. The summed E-state index contributed by atoms with van der Waals surface area (Å²) in [6.07, 6.45) is 2.44. The van der Waals surface area contributed by atoms with Crippen molar-refractivity contribution in [2.45, 2.75) is 58.2 Å². The lowest BCUT2D eigenvalue weighted by Gasteiger charge is -2.39. The number of anilines is 1. The smallest absolute Gasteiger partial charge is 0.265 e. The molecule has 0 radical (unpaired) electrons. The van der Waals surface area contributed by atoms with Crippen LogP contribution in [0.15, 0.2) is 42.5 Å². The number of carbonyl (C=O) groups excluding carboxylic acids is 2. The quantitative estimate of drug-likeness (QED) is 0.628. The average Bonchev–Trinajstić information content (AvgIpc) is 2.70. The van der Waals surface area contributed by atoms with Gasteiger partial charge in [-0.2, -0.15) is 0 Å². The first kappa shape index (κ1) is 22.4. The average molecular weight is 449 g/mol. The summed E-state index contributed by atoms with van der Waals surface area (Å²) in [6.45, 7) is 5.82. The van der Waals surface area contributed by atoms with Crippen molar-refractivity contribution in [3.05, 3.63) is 58.1 Å². The number of ether oxygens (including phenoxy) is 1. The number of piperidine rings is 1. The fourth-order valence-corrected chi connectivity index (χ4v) is 4.18. The third-order valence-corrected chi connectivity index (χ3v) is 5.92. The summed E-state index contributed by atoms with van der Waals surface area (Å²) in [5, 5.41) is 3.63. The van der Waals surface area contributed by atoms with E-state index in [4.69, 9.17) is 27.9 Å². The van der Waals surface area contributed by atoms with Crippen LogP contribution in [0.3, 0.4) is 0 Å². The second-order valence-corrected chi connectivity index (χ2v) is 8.59. The first-order valence-corrected chi connectivity index (χ1v) is 10.9. The Kier molecular flexibility index (Phi) is 7.27. The van der Waals surface area contributed by atoms with E-state index in [1.807, 2.05) is 4.90 Å². The molecular formula is C23H26Cl2N2O3. The second-order valence-electron chi connectivity index (χ2n) is 7.74. The van der Waals surface area contributed by atoms with Crippen molar-refractivity contribution in [2.75, 3.05) is 5.32 Å². The van der Waals surface area contributed by atoms with Crippen molar-refractivity contribution in [1.29, 1.82) is 0 Å². The number of hydrogen-bond acceptors (Lipinski definition) is 3. The van der Waals surface area contributed by atoms with Crippen molar-refractivity contribution < 1.29 is 14.3 Å². The van der Waals surface area contributed by atoms with Gasteiger partial charge in [0.2, 0.25) is 0 Å². The van der Waals surface area contributed by atoms with Crippen LogP contribution in [-0.2, 0) is 4.79 Å². The molecule has 0 spiro atoms. The summed E-state index contributed by atoms with van der Waals surface area (Å²) in [5.41, 5.74) is 1.21. The van der Waals surface area contributed by atoms with Crippen LogP contribution in [0, 0.1) is 0 Å². The molecule has 1 aliphatic heterocycles. The Labute approximate surface area is 187 Å². The summed E-state index contributed by atoms with van der Waals surface area (Å²) in [6, 6.07) is 12.2. The molecule has 0 unspecified atom stereocenters. The van der Waals surface area contributed by atoms with Crippen molar-refractivity contribution in [3.8, 4) is 5.75 Å². The molecule has 0 aliphatic carbocycles. The van der Waals surface area contributed by atoms with E-state index in [9.17, 15) is 9.59 Å². The standard InChI is InChI=1S/C23H26Cl2N2O3/c1-14-5-4-6-15(2)27(14)23(29)17-7-10-19(11-8-17)26-22(28)16(3)30-21-12-9-18(24)13-20(21)25/h7-16H,4-6H2,1-3H3,(H,26,28)/t14-,15-,16+/m0/s1. The van der Waals surface area contributed by atoms with Gasteiger partial charge in [-0.25, -0.2) is 0 Å². The predicted molar refractivity (Wildman–Crippen MR) is 121 cm³/mol. The number of benzene rings is 2. The molecule has 0 saturated carbocycles. The highest BCUT2D eigenvalue weighted by molar-refractivity contribution is 6.35. The SMILES string of the molecule is C[C@@H](Oc1ccc(Cl)cc1Cl)C(=O)Nc1ccc(C(=O)N2[C@@H](C)CCC[C@@H]2C)cc1. The third kappa shape index (κ3) is 5.27.